The maximum atomic E-state index is 11.6. The van der Waals surface area contributed by atoms with Crippen molar-refractivity contribution in [3.05, 3.63) is 48.2 Å². The van der Waals surface area contributed by atoms with E-state index in [1.165, 1.54) is 0 Å². The fraction of sp³-hybridized carbons (Fsp3) is 0.118. The van der Waals surface area contributed by atoms with Gasteiger partial charge in [0.05, 0.1) is 23.0 Å². The van der Waals surface area contributed by atoms with E-state index in [1.807, 2.05) is 18.2 Å². The predicted octanol–water partition coefficient (Wildman–Crippen LogP) is 2.17. The normalized spacial score (nSPS) is 13.0. The molecule has 6 heteroatoms. The lowest BCUT2D eigenvalue weighted by Gasteiger charge is -2.18. The van der Waals surface area contributed by atoms with Crippen molar-refractivity contribution in [3.63, 3.8) is 0 Å². The molecule has 1 aliphatic heterocycles. The van der Waals surface area contributed by atoms with Crippen LogP contribution in [0.25, 0.3) is 22.3 Å². The molecule has 0 saturated carbocycles. The Bertz CT molecular complexity index is 924. The number of carbonyl (C=O) groups excluding carboxylic acids is 1. The molecule has 0 saturated heterocycles. The summed E-state index contributed by atoms with van der Waals surface area (Å²) in [5, 5.41) is 0. The van der Waals surface area contributed by atoms with Gasteiger partial charge in [0.15, 0.2) is 11.5 Å². The summed E-state index contributed by atoms with van der Waals surface area (Å²) in [7, 11) is 0. The molecule has 2 aromatic carbocycles. The van der Waals surface area contributed by atoms with Crippen LogP contribution in [0.5, 0.6) is 11.5 Å². The Morgan fingerprint density at radius 2 is 1.91 bits per heavy atom. The molecule has 3 aromatic rings. The Balaban J connectivity index is 1.86. The molecule has 0 aliphatic carbocycles. The van der Waals surface area contributed by atoms with E-state index in [0.29, 0.717) is 47.0 Å². The molecule has 6 nitrogen and oxygen atoms in total. The molecule has 23 heavy (non-hydrogen) atoms. The average molecular weight is 307 g/mol. The fourth-order valence-electron chi connectivity index (χ4n) is 2.57. The van der Waals surface area contributed by atoms with Gasteiger partial charge in [-0.05, 0) is 30.3 Å². The molecule has 1 aromatic heterocycles. The van der Waals surface area contributed by atoms with Crippen LogP contribution < -0.4 is 15.2 Å². The zero-order valence-corrected chi connectivity index (χ0v) is 12.2. The molecule has 0 bridgehead atoms. The average Bonchev–Trinajstić information content (AvgIpc) is 2.60. The van der Waals surface area contributed by atoms with Crippen LogP contribution in [0.2, 0.25) is 0 Å². The number of amides is 1. The highest BCUT2D eigenvalue weighted by Gasteiger charge is 2.14. The number of rotatable bonds is 2. The molecule has 114 valence electrons. The van der Waals surface area contributed by atoms with E-state index in [0.717, 1.165) is 5.56 Å². The SMILES string of the molecule is NC(=O)c1cccc2ncc(-c3ccc4c(c3)OCCO4)nc12. The third-order valence-electron chi connectivity index (χ3n) is 3.68. The van der Waals surface area contributed by atoms with Gasteiger partial charge >= 0.3 is 0 Å². The first-order valence-corrected chi connectivity index (χ1v) is 7.18. The topological polar surface area (TPSA) is 87.3 Å². The first-order valence-electron chi connectivity index (χ1n) is 7.18. The van der Waals surface area contributed by atoms with Gasteiger partial charge in [0, 0.05) is 5.56 Å². The molecule has 0 fully saturated rings. The summed E-state index contributed by atoms with van der Waals surface area (Å²) in [6.07, 6.45) is 1.67. The zero-order chi connectivity index (χ0) is 15.8. The van der Waals surface area contributed by atoms with Gasteiger partial charge in [-0.1, -0.05) is 6.07 Å². The highest BCUT2D eigenvalue weighted by molar-refractivity contribution is 6.04. The second-order valence-electron chi connectivity index (χ2n) is 5.15. The molecule has 0 radical (unpaired) electrons. The number of para-hydroxylation sites is 1. The van der Waals surface area contributed by atoms with Crippen molar-refractivity contribution in [2.24, 2.45) is 5.73 Å². The Kier molecular flexibility index (Phi) is 3.08. The van der Waals surface area contributed by atoms with Crippen LogP contribution in [0.1, 0.15) is 10.4 Å². The molecular weight excluding hydrogens is 294 g/mol. The van der Waals surface area contributed by atoms with E-state index in [4.69, 9.17) is 15.2 Å². The minimum absolute atomic E-state index is 0.356. The van der Waals surface area contributed by atoms with Crippen LogP contribution in [0, 0.1) is 0 Å². The quantitative estimate of drug-likeness (QED) is 0.784. The van der Waals surface area contributed by atoms with E-state index >= 15 is 0 Å². The maximum absolute atomic E-state index is 11.6. The number of aromatic nitrogens is 2. The van der Waals surface area contributed by atoms with Gasteiger partial charge in [-0.3, -0.25) is 9.78 Å². The smallest absolute Gasteiger partial charge is 0.250 e. The second-order valence-corrected chi connectivity index (χ2v) is 5.15. The fourth-order valence-corrected chi connectivity index (χ4v) is 2.57. The number of nitrogens with two attached hydrogens (primary N) is 1. The van der Waals surface area contributed by atoms with E-state index in [-0.39, 0.29) is 0 Å². The third-order valence-corrected chi connectivity index (χ3v) is 3.68. The van der Waals surface area contributed by atoms with Crippen molar-refractivity contribution in [1.82, 2.24) is 9.97 Å². The van der Waals surface area contributed by atoms with Gasteiger partial charge in [-0.2, -0.15) is 0 Å². The highest BCUT2D eigenvalue weighted by atomic mass is 16.6. The predicted molar refractivity (Wildman–Crippen MR) is 84.5 cm³/mol. The van der Waals surface area contributed by atoms with Crippen molar-refractivity contribution in [1.29, 1.82) is 0 Å². The number of carbonyl (C=O) groups is 1. The van der Waals surface area contributed by atoms with Gasteiger partial charge in [0.25, 0.3) is 5.91 Å². The van der Waals surface area contributed by atoms with Gasteiger partial charge in [0.2, 0.25) is 0 Å². The number of primary amides is 1. The standard InChI is InChI=1S/C17H13N3O3/c18-17(21)11-2-1-3-12-16(11)20-13(9-19-12)10-4-5-14-15(8-10)23-7-6-22-14/h1-5,8-9H,6-7H2,(H2,18,21). The summed E-state index contributed by atoms with van der Waals surface area (Å²) in [4.78, 5) is 20.5. The van der Waals surface area contributed by atoms with Crippen LogP contribution in [-0.4, -0.2) is 29.1 Å². The largest absolute Gasteiger partial charge is 0.486 e. The summed E-state index contributed by atoms with van der Waals surface area (Å²) < 4.78 is 11.1. The number of ether oxygens (including phenoxy) is 2. The summed E-state index contributed by atoms with van der Waals surface area (Å²) in [6, 6.07) is 10.8. The minimum Gasteiger partial charge on any atom is -0.486 e. The molecule has 4 rings (SSSR count). The van der Waals surface area contributed by atoms with Gasteiger partial charge < -0.3 is 15.2 Å². The van der Waals surface area contributed by atoms with Crippen molar-refractivity contribution in [3.8, 4) is 22.8 Å². The lowest BCUT2D eigenvalue weighted by Crippen LogP contribution is -2.15. The van der Waals surface area contributed by atoms with E-state index in [1.54, 1.807) is 24.4 Å². The Morgan fingerprint density at radius 1 is 1.09 bits per heavy atom. The number of hydrogen-bond acceptors (Lipinski definition) is 5. The highest BCUT2D eigenvalue weighted by Crippen LogP contribution is 2.34. The summed E-state index contributed by atoms with van der Waals surface area (Å²) in [5.74, 6) is 0.870. The Hall–Kier alpha value is -3.15. The lowest BCUT2D eigenvalue weighted by atomic mass is 10.1. The second kappa shape index (κ2) is 5.24. The Labute approximate surface area is 131 Å². The molecule has 2 N–H and O–H groups in total. The molecule has 0 unspecified atom stereocenters. The minimum atomic E-state index is -0.524. The van der Waals surface area contributed by atoms with Crippen molar-refractivity contribution in [2.45, 2.75) is 0 Å². The van der Waals surface area contributed by atoms with Crippen LogP contribution in [0.15, 0.2) is 42.6 Å². The molecule has 2 heterocycles. The summed E-state index contributed by atoms with van der Waals surface area (Å²) >= 11 is 0. The first kappa shape index (κ1) is 13.5. The number of benzene rings is 2. The zero-order valence-electron chi connectivity index (χ0n) is 12.2. The monoisotopic (exact) mass is 307 g/mol. The van der Waals surface area contributed by atoms with Crippen molar-refractivity contribution < 1.29 is 14.3 Å². The lowest BCUT2D eigenvalue weighted by molar-refractivity contribution is 0.100. The van der Waals surface area contributed by atoms with Gasteiger partial charge in [-0.25, -0.2) is 4.98 Å². The van der Waals surface area contributed by atoms with Gasteiger partial charge in [-0.15, -0.1) is 0 Å². The molecule has 0 spiro atoms. The van der Waals surface area contributed by atoms with Crippen LogP contribution >= 0.6 is 0 Å². The summed E-state index contributed by atoms with van der Waals surface area (Å²) in [5.41, 5.74) is 8.37. The third kappa shape index (κ3) is 2.34. The molecule has 1 aliphatic rings. The van der Waals surface area contributed by atoms with Crippen LogP contribution in [0.3, 0.4) is 0 Å². The summed E-state index contributed by atoms with van der Waals surface area (Å²) in [6.45, 7) is 1.07. The van der Waals surface area contributed by atoms with Crippen molar-refractivity contribution >= 4 is 16.9 Å². The molecule has 1 amide bonds. The molecular formula is C17H13N3O3. The number of hydrogen-bond donors (Lipinski definition) is 1. The van der Waals surface area contributed by atoms with Crippen LogP contribution in [-0.2, 0) is 0 Å². The van der Waals surface area contributed by atoms with E-state index in [2.05, 4.69) is 9.97 Å². The van der Waals surface area contributed by atoms with E-state index < -0.39 is 5.91 Å². The number of fused-ring (bicyclic) bond motifs is 2. The Morgan fingerprint density at radius 3 is 2.74 bits per heavy atom. The number of nitrogens with zero attached hydrogens (tertiary/aromatic N) is 2. The maximum Gasteiger partial charge on any atom is 0.250 e. The van der Waals surface area contributed by atoms with Crippen LogP contribution in [0.4, 0.5) is 0 Å². The molecule has 0 atom stereocenters. The van der Waals surface area contributed by atoms with E-state index in [9.17, 15) is 4.79 Å². The van der Waals surface area contributed by atoms with Gasteiger partial charge in [0.1, 0.15) is 18.7 Å². The van der Waals surface area contributed by atoms with Crippen molar-refractivity contribution in [2.75, 3.05) is 13.2 Å². The first-order chi connectivity index (χ1) is 11.2.